The number of hydrogen-bond acceptors (Lipinski definition) is 3. The van der Waals surface area contributed by atoms with Gasteiger partial charge in [-0.15, -0.1) is 0 Å². The van der Waals surface area contributed by atoms with Crippen molar-refractivity contribution >= 4 is 5.78 Å². The maximum atomic E-state index is 12.6. The zero-order valence-corrected chi connectivity index (χ0v) is 12.9. The molecule has 1 aliphatic heterocycles. The van der Waals surface area contributed by atoms with E-state index in [4.69, 9.17) is 0 Å². The Hall–Kier alpha value is -0.880. The van der Waals surface area contributed by atoms with Crippen molar-refractivity contribution in [1.29, 1.82) is 0 Å². The highest BCUT2D eigenvalue weighted by atomic mass is 19.4. The summed E-state index contributed by atoms with van der Waals surface area (Å²) in [5.74, 6) is -0.349. The number of ketones is 1. The lowest BCUT2D eigenvalue weighted by Crippen LogP contribution is -2.54. The van der Waals surface area contributed by atoms with E-state index in [0.29, 0.717) is 0 Å². The lowest BCUT2D eigenvalue weighted by atomic mass is 9.85. The summed E-state index contributed by atoms with van der Waals surface area (Å²) in [6.45, 7) is 9.71. The third-order valence-corrected chi connectivity index (χ3v) is 4.36. The van der Waals surface area contributed by atoms with Crippen LogP contribution in [0, 0.1) is 0 Å². The van der Waals surface area contributed by atoms with Crippen molar-refractivity contribution < 1.29 is 18.0 Å². The first-order valence-corrected chi connectivity index (χ1v) is 7.39. The molecule has 2 rings (SSSR count). The van der Waals surface area contributed by atoms with Crippen LogP contribution in [0.25, 0.3) is 0 Å². The molecule has 1 saturated heterocycles. The third kappa shape index (κ3) is 3.86. The van der Waals surface area contributed by atoms with Crippen molar-refractivity contribution in [2.75, 3.05) is 32.7 Å². The van der Waals surface area contributed by atoms with E-state index >= 15 is 0 Å². The molecule has 0 spiro atoms. The van der Waals surface area contributed by atoms with Gasteiger partial charge in [0.25, 0.3) is 0 Å². The number of hydrogen-bond donors (Lipinski definition) is 0. The number of nitrogens with zero attached hydrogens (tertiary/aromatic N) is 2. The molecular formula is C15H23F3N2O. The molecule has 1 heterocycles. The van der Waals surface area contributed by atoms with E-state index in [-0.39, 0.29) is 36.3 Å². The molecule has 0 radical (unpaired) electrons. The van der Waals surface area contributed by atoms with Crippen LogP contribution in [0.1, 0.15) is 33.6 Å². The highest BCUT2D eigenvalue weighted by molar-refractivity contribution is 5.99. The zero-order chi connectivity index (χ0) is 15.8. The first-order chi connectivity index (χ1) is 9.59. The minimum absolute atomic E-state index is 0.000695. The molecular weight excluding hydrogens is 281 g/mol. The summed E-state index contributed by atoms with van der Waals surface area (Å²) in [4.78, 5) is 16.3. The zero-order valence-electron chi connectivity index (χ0n) is 12.9. The second-order valence-corrected chi connectivity index (χ2v) is 6.81. The van der Waals surface area contributed by atoms with Crippen LogP contribution in [-0.2, 0) is 4.79 Å². The van der Waals surface area contributed by atoms with Crippen LogP contribution in [0.2, 0.25) is 0 Å². The number of Topliss-reactive ketones (excluding diaryl/α,β-unsaturated/α-hetero) is 1. The summed E-state index contributed by atoms with van der Waals surface area (Å²) >= 11 is 0. The van der Waals surface area contributed by atoms with Crippen molar-refractivity contribution in [2.24, 2.45) is 0 Å². The van der Waals surface area contributed by atoms with Crippen LogP contribution in [0.4, 0.5) is 13.2 Å². The molecule has 0 N–H and O–H groups in total. The third-order valence-electron chi connectivity index (χ3n) is 4.36. The summed E-state index contributed by atoms with van der Waals surface area (Å²) in [7, 11) is 0. The highest BCUT2D eigenvalue weighted by Gasteiger charge is 2.42. The molecule has 0 bridgehead atoms. The number of alkyl halides is 3. The van der Waals surface area contributed by atoms with Gasteiger partial charge in [0.1, 0.15) is 0 Å². The Bertz CT molecular complexity index is 441. The topological polar surface area (TPSA) is 23.6 Å². The van der Waals surface area contributed by atoms with Gasteiger partial charge in [-0.25, -0.2) is 0 Å². The molecule has 3 nitrogen and oxygen atoms in total. The minimum Gasteiger partial charge on any atom is -0.296 e. The monoisotopic (exact) mass is 304 g/mol. The fourth-order valence-corrected chi connectivity index (χ4v) is 2.87. The number of piperazine rings is 1. The van der Waals surface area contributed by atoms with Crippen molar-refractivity contribution in [1.82, 2.24) is 9.80 Å². The Kier molecular flexibility index (Phi) is 4.49. The molecule has 21 heavy (non-hydrogen) atoms. The van der Waals surface area contributed by atoms with E-state index in [9.17, 15) is 18.0 Å². The Morgan fingerprint density at radius 3 is 2.00 bits per heavy atom. The van der Waals surface area contributed by atoms with Gasteiger partial charge in [-0.2, -0.15) is 13.2 Å². The quantitative estimate of drug-likeness (QED) is 0.801. The average molecular weight is 304 g/mol. The van der Waals surface area contributed by atoms with Gasteiger partial charge in [-0.1, -0.05) is 0 Å². The minimum atomic E-state index is -4.34. The summed E-state index contributed by atoms with van der Waals surface area (Å²) in [5.41, 5.74) is -0.516. The van der Waals surface area contributed by atoms with Crippen LogP contribution >= 0.6 is 0 Å². The first-order valence-electron chi connectivity index (χ1n) is 7.39. The lowest BCUT2D eigenvalue weighted by molar-refractivity contribution is -0.121. The van der Waals surface area contributed by atoms with Crippen LogP contribution in [0.3, 0.4) is 0 Å². The number of carbonyl (C=O) groups excluding carboxylic acids is 1. The number of rotatable bonds is 3. The van der Waals surface area contributed by atoms with Crippen LogP contribution in [0.5, 0.6) is 0 Å². The molecule has 0 unspecified atom stereocenters. The van der Waals surface area contributed by atoms with E-state index in [1.807, 2.05) is 4.90 Å². The van der Waals surface area contributed by atoms with E-state index < -0.39 is 11.7 Å². The Morgan fingerprint density at radius 2 is 1.62 bits per heavy atom. The Balaban J connectivity index is 1.89. The molecule has 0 aromatic heterocycles. The van der Waals surface area contributed by atoms with Gasteiger partial charge in [-0.3, -0.25) is 14.6 Å². The smallest absolute Gasteiger partial charge is 0.296 e. The normalized spacial score (nSPS) is 22.4. The maximum absolute atomic E-state index is 12.6. The summed E-state index contributed by atoms with van der Waals surface area (Å²) in [6.07, 6.45) is -4.08. The van der Waals surface area contributed by atoms with Gasteiger partial charge < -0.3 is 0 Å². The number of halogens is 3. The molecule has 1 aliphatic carbocycles. The molecule has 0 aromatic rings. The van der Waals surface area contributed by atoms with Crippen molar-refractivity contribution in [2.45, 2.75) is 45.3 Å². The molecule has 0 aromatic carbocycles. The second kappa shape index (κ2) is 5.72. The molecule has 2 aliphatic rings. The molecule has 1 fully saturated rings. The molecule has 120 valence electrons. The summed E-state index contributed by atoms with van der Waals surface area (Å²) in [5, 5.41) is 0. The first kappa shape index (κ1) is 16.5. The Labute approximate surface area is 123 Å². The number of carbonyl (C=O) groups is 1. The predicted octanol–water partition coefficient (Wildman–Crippen LogP) is 2.62. The van der Waals surface area contributed by atoms with E-state index in [2.05, 4.69) is 25.7 Å². The van der Waals surface area contributed by atoms with Gasteiger partial charge >= 0.3 is 6.18 Å². The molecule has 0 saturated carbocycles. The van der Waals surface area contributed by atoms with E-state index in [1.54, 1.807) is 0 Å². The van der Waals surface area contributed by atoms with Gasteiger partial charge in [0.15, 0.2) is 5.78 Å². The average Bonchev–Trinajstić information content (AvgIpc) is 2.24. The van der Waals surface area contributed by atoms with E-state index in [1.165, 1.54) is 0 Å². The van der Waals surface area contributed by atoms with Gasteiger partial charge in [0.2, 0.25) is 0 Å². The fourth-order valence-electron chi connectivity index (χ4n) is 2.87. The van der Waals surface area contributed by atoms with Crippen LogP contribution in [-0.4, -0.2) is 60.0 Å². The van der Waals surface area contributed by atoms with Crippen LogP contribution < -0.4 is 0 Å². The number of allylic oxidation sites excluding steroid dienone is 1. The summed E-state index contributed by atoms with van der Waals surface area (Å²) in [6, 6.07) is 0. The van der Waals surface area contributed by atoms with Crippen molar-refractivity contribution in [3.05, 3.63) is 11.1 Å². The molecule has 6 heteroatoms. The van der Waals surface area contributed by atoms with Crippen molar-refractivity contribution in [3.8, 4) is 0 Å². The maximum Gasteiger partial charge on any atom is 0.413 e. The second-order valence-electron chi connectivity index (χ2n) is 6.81. The standard InChI is InChI=1S/C15H23F3N2O/c1-14(2,3)20-8-6-19(7-9-20)10-13(21)11-4-5-12(11)15(16,17)18/h4-10H2,1-3H3. The largest absolute Gasteiger partial charge is 0.413 e. The SMILES string of the molecule is CC(C)(C)N1CCN(CC(=O)C2=C(C(F)(F)F)CC2)CC1. The van der Waals surface area contributed by atoms with Gasteiger partial charge in [-0.05, 0) is 33.6 Å². The van der Waals surface area contributed by atoms with Gasteiger partial charge in [0.05, 0.1) is 6.54 Å². The Morgan fingerprint density at radius 1 is 1.05 bits per heavy atom. The van der Waals surface area contributed by atoms with Crippen LogP contribution in [0.15, 0.2) is 11.1 Å². The summed E-state index contributed by atoms with van der Waals surface area (Å²) < 4.78 is 37.9. The highest BCUT2D eigenvalue weighted by Crippen LogP contribution is 2.40. The predicted molar refractivity (Wildman–Crippen MR) is 75.1 cm³/mol. The lowest BCUT2D eigenvalue weighted by Gasteiger charge is -2.42. The van der Waals surface area contributed by atoms with E-state index in [0.717, 1.165) is 26.2 Å². The van der Waals surface area contributed by atoms with Crippen molar-refractivity contribution in [3.63, 3.8) is 0 Å². The fraction of sp³-hybridized carbons (Fsp3) is 0.800. The molecule has 0 atom stereocenters. The van der Waals surface area contributed by atoms with Gasteiger partial charge in [0, 0.05) is 42.9 Å². The molecule has 0 amide bonds.